The number of aliphatic hydroxyl groups is 1. The zero-order chi connectivity index (χ0) is 19.0. The van der Waals surface area contributed by atoms with E-state index in [-0.39, 0.29) is 24.7 Å². The van der Waals surface area contributed by atoms with Gasteiger partial charge in [0.05, 0.1) is 12.6 Å². The molecule has 0 aliphatic rings. The van der Waals surface area contributed by atoms with Crippen LogP contribution in [0.5, 0.6) is 0 Å². The standard InChI is InChI=1S/C20H33NO4/c1-15(2)18(14-24-6)21(19(23)25-20(3,4)5)13-17-9-7-8-16(12-17)10-11-22/h7-9,12,15,18,22H,10-11,13-14H2,1-6H3. The highest BCUT2D eigenvalue weighted by Crippen LogP contribution is 2.20. The molecule has 0 aliphatic carbocycles. The minimum atomic E-state index is -0.553. The largest absolute Gasteiger partial charge is 0.444 e. The van der Waals surface area contributed by atoms with Gasteiger partial charge in [-0.05, 0) is 44.2 Å². The minimum Gasteiger partial charge on any atom is -0.444 e. The van der Waals surface area contributed by atoms with Crippen molar-refractivity contribution in [3.05, 3.63) is 35.4 Å². The number of benzene rings is 1. The molecule has 1 N–H and O–H groups in total. The van der Waals surface area contributed by atoms with E-state index < -0.39 is 5.60 Å². The molecule has 0 heterocycles. The number of ether oxygens (including phenoxy) is 2. The molecule has 0 saturated carbocycles. The molecule has 1 atom stereocenters. The van der Waals surface area contributed by atoms with Crippen molar-refractivity contribution in [2.24, 2.45) is 5.92 Å². The third kappa shape index (κ3) is 7.45. The molecule has 0 spiro atoms. The number of hydrogen-bond acceptors (Lipinski definition) is 4. The van der Waals surface area contributed by atoms with Gasteiger partial charge in [-0.3, -0.25) is 4.90 Å². The number of nitrogens with zero attached hydrogens (tertiary/aromatic N) is 1. The Labute approximate surface area is 151 Å². The fourth-order valence-electron chi connectivity index (χ4n) is 2.66. The summed E-state index contributed by atoms with van der Waals surface area (Å²) in [4.78, 5) is 14.6. The highest BCUT2D eigenvalue weighted by Gasteiger charge is 2.30. The van der Waals surface area contributed by atoms with Crippen molar-refractivity contribution in [3.8, 4) is 0 Å². The first-order valence-corrected chi connectivity index (χ1v) is 8.85. The third-order valence-corrected chi connectivity index (χ3v) is 3.88. The lowest BCUT2D eigenvalue weighted by atomic mass is 10.0. The summed E-state index contributed by atoms with van der Waals surface area (Å²) in [5.74, 6) is 0.230. The predicted octanol–water partition coefficient (Wildman–Crippen LogP) is 3.63. The Bertz CT molecular complexity index is 537. The van der Waals surface area contributed by atoms with Crippen molar-refractivity contribution >= 4 is 6.09 Å². The summed E-state index contributed by atoms with van der Waals surface area (Å²) in [5, 5.41) is 9.14. The minimum absolute atomic E-state index is 0.0821. The first kappa shape index (κ1) is 21.5. The van der Waals surface area contributed by atoms with E-state index in [4.69, 9.17) is 14.6 Å². The Hall–Kier alpha value is -1.59. The quantitative estimate of drug-likeness (QED) is 0.777. The van der Waals surface area contributed by atoms with Gasteiger partial charge < -0.3 is 14.6 Å². The molecule has 1 aromatic rings. The number of hydrogen-bond donors (Lipinski definition) is 1. The van der Waals surface area contributed by atoms with Crippen molar-refractivity contribution in [2.75, 3.05) is 20.3 Å². The summed E-state index contributed by atoms with van der Waals surface area (Å²) in [7, 11) is 1.64. The van der Waals surface area contributed by atoms with E-state index in [0.29, 0.717) is 19.6 Å². The van der Waals surface area contributed by atoms with Crippen LogP contribution in [0.15, 0.2) is 24.3 Å². The molecule has 1 amide bonds. The van der Waals surface area contributed by atoms with Crippen LogP contribution in [0, 0.1) is 5.92 Å². The normalized spacial score (nSPS) is 13.0. The Kier molecular flexibility index (Phi) is 8.39. The monoisotopic (exact) mass is 351 g/mol. The summed E-state index contributed by atoms with van der Waals surface area (Å²) in [6.45, 7) is 10.8. The van der Waals surface area contributed by atoms with E-state index in [1.165, 1.54) is 0 Å². The van der Waals surface area contributed by atoms with E-state index in [1.807, 2.05) is 45.0 Å². The van der Waals surface area contributed by atoms with Crippen LogP contribution in [0.3, 0.4) is 0 Å². The van der Waals surface area contributed by atoms with Gasteiger partial charge in [-0.1, -0.05) is 38.1 Å². The van der Waals surface area contributed by atoms with Crippen LogP contribution in [-0.4, -0.2) is 48.1 Å². The van der Waals surface area contributed by atoms with Crippen LogP contribution < -0.4 is 0 Å². The van der Waals surface area contributed by atoms with Gasteiger partial charge >= 0.3 is 6.09 Å². The van der Waals surface area contributed by atoms with Crippen molar-refractivity contribution in [2.45, 2.75) is 59.2 Å². The van der Waals surface area contributed by atoms with E-state index >= 15 is 0 Å². The van der Waals surface area contributed by atoms with Crippen molar-refractivity contribution < 1.29 is 19.4 Å². The second-order valence-corrected chi connectivity index (χ2v) is 7.67. The van der Waals surface area contributed by atoms with Gasteiger partial charge in [0, 0.05) is 20.3 Å². The number of rotatable bonds is 8. The molecule has 0 radical (unpaired) electrons. The first-order chi connectivity index (χ1) is 11.7. The number of methoxy groups -OCH3 is 1. The second kappa shape index (κ2) is 9.78. The average Bonchev–Trinajstić information content (AvgIpc) is 2.49. The zero-order valence-corrected chi connectivity index (χ0v) is 16.4. The number of carbonyl (C=O) groups is 1. The van der Waals surface area contributed by atoms with Gasteiger partial charge in [0.2, 0.25) is 0 Å². The van der Waals surface area contributed by atoms with Crippen LogP contribution >= 0.6 is 0 Å². The molecule has 1 unspecified atom stereocenters. The molecule has 0 aliphatic heterocycles. The highest BCUT2D eigenvalue weighted by atomic mass is 16.6. The molecule has 0 fully saturated rings. The summed E-state index contributed by atoms with van der Waals surface area (Å²) >= 11 is 0. The lowest BCUT2D eigenvalue weighted by Crippen LogP contribution is -2.47. The zero-order valence-electron chi connectivity index (χ0n) is 16.4. The molecule has 25 heavy (non-hydrogen) atoms. The maximum Gasteiger partial charge on any atom is 0.410 e. The first-order valence-electron chi connectivity index (χ1n) is 8.85. The summed E-state index contributed by atoms with van der Waals surface area (Å²) in [5.41, 5.74) is 1.51. The van der Waals surface area contributed by atoms with Gasteiger partial charge in [0.15, 0.2) is 0 Å². The van der Waals surface area contributed by atoms with Crippen LogP contribution in [0.1, 0.15) is 45.7 Å². The van der Waals surface area contributed by atoms with Gasteiger partial charge in [0.25, 0.3) is 0 Å². The van der Waals surface area contributed by atoms with Gasteiger partial charge in [-0.2, -0.15) is 0 Å². The summed E-state index contributed by atoms with van der Waals surface area (Å²) in [6.07, 6.45) is 0.266. The summed E-state index contributed by atoms with van der Waals surface area (Å²) in [6, 6.07) is 7.86. The molecule has 5 nitrogen and oxygen atoms in total. The molecular weight excluding hydrogens is 318 g/mol. The Morgan fingerprint density at radius 3 is 2.40 bits per heavy atom. The van der Waals surface area contributed by atoms with E-state index in [0.717, 1.165) is 11.1 Å². The fraction of sp³-hybridized carbons (Fsp3) is 0.650. The van der Waals surface area contributed by atoms with Crippen LogP contribution in [0.2, 0.25) is 0 Å². The van der Waals surface area contributed by atoms with Crippen molar-refractivity contribution in [3.63, 3.8) is 0 Å². The molecule has 142 valence electrons. The Balaban J connectivity index is 3.08. The van der Waals surface area contributed by atoms with E-state index in [9.17, 15) is 4.79 Å². The molecular formula is C20H33NO4. The molecule has 0 aromatic heterocycles. The smallest absolute Gasteiger partial charge is 0.410 e. The Morgan fingerprint density at radius 2 is 1.88 bits per heavy atom. The van der Waals surface area contributed by atoms with Crippen molar-refractivity contribution in [1.82, 2.24) is 4.90 Å². The molecule has 0 bridgehead atoms. The van der Waals surface area contributed by atoms with Gasteiger partial charge in [-0.15, -0.1) is 0 Å². The Morgan fingerprint density at radius 1 is 1.24 bits per heavy atom. The predicted molar refractivity (Wildman–Crippen MR) is 99.5 cm³/mol. The topological polar surface area (TPSA) is 59.0 Å². The highest BCUT2D eigenvalue weighted by molar-refractivity contribution is 5.68. The molecule has 0 saturated heterocycles. The fourth-order valence-corrected chi connectivity index (χ4v) is 2.66. The number of carbonyl (C=O) groups excluding carboxylic acids is 1. The van der Waals surface area contributed by atoms with Crippen LogP contribution in [-0.2, 0) is 22.4 Å². The number of aliphatic hydroxyl groups excluding tert-OH is 1. The lowest BCUT2D eigenvalue weighted by molar-refractivity contribution is -0.00451. The van der Waals surface area contributed by atoms with E-state index in [1.54, 1.807) is 12.0 Å². The summed E-state index contributed by atoms with van der Waals surface area (Å²) < 4.78 is 11.0. The lowest BCUT2D eigenvalue weighted by Gasteiger charge is -2.35. The second-order valence-electron chi connectivity index (χ2n) is 7.67. The molecule has 1 rings (SSSR count). The van der Waals surface area contributed by atoms with Gasteiger partial charge in [-0.25, -0.2) is 4.79 Å². The average molecular weight is 351 g/mol. The van der Waals surface area contributed by atoms with E-state index in [2.05, 4.69) is 13.8 Å². The van der Waals surface area contributed by atoms with Gasteiger partial charge in [0.1, 0.15) is 5.60 Å². The third-order valence-electron chi connectivity index (χ3n) is 3.88. The SMILES string of the molecule is COCC(C(C)C)N(Cc1cccc(CCO)c1)C(=O)OC(C)(C)C. The molecule has 5 heteroatoms. The van der Waals surface area contributed by atoms with Crippen LogP contribution in [0.25, 0.3) is 0 Å². The maximum atomic E-state index is 12.8. The van der Waals surface area contributed by atoms with Crippen LogP contribution in [0.4, 0.5) is 4.79 Å². The molecule has 1 aromatic carbocycles. The number of amides is 1. The van der Waals surface area contributed by atoms with Crippen molar-refractivity contribution in [1.29, 1.82) is 0 Å². The maximum absolute atomic E-state index is 12.8.